The summed E-state index contributed by atoms with van der Waals surface area (Å²) in [5, 5.41) is 11.7. The number of rotatable bonds is 6. The second-order valence-electron chi connectivity index (χ2n) is 4.70. The highest BCUT2D eigenvalue weighted by molar-refractivity contribution is 6.04. The fourth-order valence-corrected chi connectivity index (χ4v) is 2.01. The highest BCUT2D eigenvalue weighted by atomic mass is 16.2. The Bertz CT molecular complexity index is 597. The number of carbonyl (C=O) groups excluding carboxylic acids is 1. The second kappa shape index (κ2) is 7.42. The number of hydrogen-bond donors (Lipinski definition) is 4. The topological polar surface area (TPSA) is 87.4 Å². The first-order valence-electron chi connectivity index (χ1n) is 6.81. The summed E-state index contributed by atoms with van der Waals surface area (Å²) < 4.78 is 0. The lowest BCUT2D eigenvalue weighted by molar-refractivity contribution is 0.102. The van der Waals surface area contributed by atoms with Crippen LogP contribution in [0.3, 0.4) is 0 Å². The van der Waals surface area contributed by atoms with Gasteiger partial charge in [0.15, 0.2) is 0 Å². The van der Waals surface area contributed by atoms with Gasteiger partial charge in [-0.05, 0) is 54.8 Å². The van der Waals surface area contributed by atoms with E-state index in [9.17, 15) is 4.79 Å². The molecule has 21 heavy (non-hydrogen) atoms. The molecule has 5 nitrogen and oxygen atoms in total. The molecule has 0 aliphatic heterocycles. The lowest BCUT2D eigenvalue weighted by Crippen LogP contribution is -2.12. The van der Waals surface area contributed by atoms with Crippen molar-refractivity contribution >= 4 is 17.3 Å². The maximum Gasteiger partial charge on any atom is 0.255 e. The standard InChI is InChI=1S/C16H19N3O2/c17-19-14-8-6-13(7-9-14)16(21)18-15-5-1-3-12(11-15)4-2-10-20/h1,3,5-9,11,19-20H,2,4,10,17H2,(H,18,21). The van der Waals surface area contributed by atoms with Gasteiger partial charge in [0.05, 0.1) is 0 Å². The van der Waals surface area contributed by atoms with Gasteiger partial charge < -0.3 is 15.8 Å². The number of nitrogens with two attached hydrogens (primary N) is 1. The first-order chi connectivity index (χ1) is 10.2. The Hall–Kier alpha value is -2.37. The van der Waals surface area contributed by atoms with E-state index in [0.29, 0.717) is 12.0 Å². The lowest BCUT2D eigenvalue weighted by atomic mass is 10.1. The number of nitrogen functional groups attached to an aromatic ring is 1. The maximum atomic E-state index is 12.1. The van der Waals surface area contributed by atoms with E-state index in [-0.39, 0.29) is 12.5 Å². The van der Waals surface area contributed by atoms with Crippen molar-refractivity contribution in [2.24, 2.45) is 5.84 Å². The van der Waals surface area contributed by atoms with Crippen molar-refractivity contribution in [1.82, 2.24) is 0 Å². The highest BCUT2D eigenvalue weighted by Gasteiger charge is 2.06. The van der Waals surface area contributed by atoms with E-state index in [1.807, 2.05) is 24.3 Å². The van der Waals surface area contributed by atoms with Gasteiger partial charge in [0.2, 0.25) is 0 Å². The monoisotopic (exact) mass is 285 g/mol. The van der Waals surface area contributed by atoms with Crippen LogP contribution in [0.4, 0.5) is 11.4 Å². The third-order valence-electron chi connectivity index (χ3n) is 3.12. The van der Waals surface area contributed by atoms with Gasteiger partial charge in [-0.2, -0.15) is 0 Å². The molecule has 0 unspecified atom stereocenters. The molecule has 5 N–H and O–H groups in total. The summed E-state index contributed by atoms with van der Waals surface area (Å²) in [6.45, 7) is 0.165. The molecule has 0 saturated heterocycles. The van der Waals surface area contributed by atoms with E-state index >= 15 is 0 Å². The number of aliphatic hydroxyl groups is 1. The normalized spacial score (nSPS) is 10.2. The highest BCUT2D eigenvalue weighted by Crippen LogP contribution is 2.14. The van der Waals surface area contributed by atoms with Crippen LogP contribution in [0.1, 0.15) is 22.3 Å². The van der Waals surface area contributed by atoms with Gasteiger partial charge >= 0.3 is 0 Å². The molecule has 2 aromatic carbocycles. The van der Waals surface area contributed by atoms with Crippen LogP contribution in [0.2, 0.25) is 0 Å². The Morgan fingerprint density at radius 2 is 1.86 bits per heavy atom. The summed E-state index contributed by atoms with van der Waals surface area (Å²) in [5.41, 5.74) is 5.66. The Balaban J connectivity index is 2.04. The zero-order valence-electron chi connectivity index (χ0n) is 11.7. The molecule has 0 spiro atoms. The molecule has 1 amide bonds. The summed E-state index contributed by atoms with van der Waals surface area (Å²) in [6, 6.07) is 14.5. The SMILES string of the molecule is NNc1ccc(C(=O)Nc2cccc(CCCO)c2)cc1. The molecule has 0 heterocycles. The first-order valence-corrected chi connectivity index (χ1v) is 6.81. The molecule has 0 aliphatic carbocycles. The summed E-state index contributed by atoms with van der Waals surface area (Å²) >= 11 is 0. The zero-order chi connectivity index (χ0) is 15.1. The number of carbonyl (C=O) groups is 1. The van der Waals surface area contributed by atoms with E-state index in [0.717, 1.165) is 23.4 Å². The van der Waals surface area contributed by atoms with Crippen molar-refractivity contribution in [3.63, 3.8) is 0 Å². The van der Waals surface area contributed by atoms with Crippen LogP contribution in [0.25, 0.3) is 0 Å². The van der Waals surface area contributed by atoms with Crippen LogP contribution in [-0.2, 0) is 6.42 Å². The second-order valence-corrected chi connectivity index (χ2v) is 4.70. The minimum Gasteiger partial charge on any atom is -0.396 e. The van der Waals surface area contributed by atoms with Crippen molar-refractivity contribution in [2.75, 3.05) is 17.3 Å². The van der Waals surface area contributed by atoms with Crippen LogP contribution in [0, 0.1) is 0 Å². The van der Waals surface area contributed by atoms with Gasteiger partial charge in [-0.25, -0.2) is 0 Å². The smallest absolute Gasteiger partial charge is 0.255 e. The van der Waals surface area contributed by atoms with Crippen LogP contribution in [-0.4, -0.2) is 17.6 Å². The summed E-state index contributed by atoms with van der Waals surface area (Å²) in [7, 11) is 0. The Kier molecular flexibility index (Phi) is 5.31. The molecule has 0 radical (unpaired) electrons. The van der Waals surface area contributed by atoms with Gasteiger partial charge in [-0.1, -0.05) is 12.1 Å². The summed E-state index contributed by atoms with van der Waals surface area (Å²) in [4.78, 5) is 12.1. The van der Waals surface area contributed by atoms with Crippen molar-refractivity contribution < 1.29 is 9.90 Å². The lowest BCUT2D eigenvalue weighted by Gasteiger charge is -2.08. The Morgan fingerprint density at radius 1 is 1.10 bits per heavy atom. The van der Waals surface area contributed by atoms with E-state index in [2.05, 4.69) is 10.7 Å². The van der Waals surface area contributed by atoms with Crippen LogP contribution < -0.4 is 16.6 Å². The Labute approximate surface area is 123 Å². The minimum atomic E-state index is -0.169. The molecule has 0 atom stereocenters. The Morgan fingerprint density at radius 3 is 2.52 bits per heavy atom. The average Bonchev–Trinajstić information content (AvgIpc) is 2.53. The van der Waals surface area contributed by atoms with E-state index in [1.54, 1.807) is 24.3 Å². The average molecular weight is 285 g/mol. The quantitative estimate of drug-likeness (QED) is 0.484. The molecular formula is C16H19N3O2. The van der Waals surface area contributed by atoms with Crippen LogP contribution in [0.15, 0.2) is 48.5 Å². The van der Waals surface area contributed by atoms with Gasteiger partial charge in [0.25, 0.3) is 5.91 Å². The summed E-state index contributed by atoms with van der Waals surface area (Å²) in [5.74, 6) is 5.12. The molecule has 110 valence electrons. The molecule has 5 heteroatoms. The largest absolute Gasteiger partial charge is 0.396 e. The molecule has 0 bridgehead atoms. The zero-order valence-corrected chi connectivity index (χ0v) is 11.7. The third kappa shape index (κ3) is 4.30. The first kappa shape index (κ1) is 15.0. The van der Waals surface area contributed by atoms with Crippen molar-refractivity contribution in [1.29, 1.82) is 0 Å². The number of hydrogen-bond acceptors (Lipinski definition) is 4. The van der Waals surface area contributed by atoms with Crippen molar-refractivity contribution in [2.45, 2.75) is 12.8 Å². The fourth-order valence-electron chi connectivity index (χ4n) is 2.01. The maximum absolute atomic E-state index is 12.1. The molecule has 2 rings (SSSR count). The molecule has 0 saturated carbocycles. The number of benzene rings is 2. The van der Waals surface area contributed by atoms with Crippen LogP contribution in [0.5, 0.6) is 0 Å². The number of aryl methyl sites for hydroxylation is 1. The van der Waals surface area contributed by atoms with Crippen molar-refractivity contribution in [3.05, 3.63) is 59.7 Å². The van der Waals surface area contributed by atoms with Gasteiger partial charge in [-0.3, -0.25) is 10.6 Å². The molecule has 0 fully saturated rings. The number of hydrazine groups is 1. The number of nitrogens with one attached hydrogen (secondary N) is 2. The number of aliphatic hydroxyl groups excluding tert-OH is 1. The van der Waals surface area contributed by atoms with E-state index < -0.39 is 0 Å². The van der Waals surface area contributed by atoms with Crippen LogP contribution >= 0.6 is 0 Å². The predicted molar refractivity (Wildman–Crippen MR) is 84.1 cm³/mol. The molecule has 2 aromatic rings. The fraction of sp³-hybridized carbons (Fsp3) is 0.188. The third-order valence-corrected chi connectivity index (χ3v) is 3.12. The molecule has 0 aromatic heterocycles. The van der Waals surface area contributed by atoms with Gasteiger partial charge in [0.1, 0.15) is 0 Å². The van der Waals surface area contributed by atoms with E-state index in [4.69, 9.17) is 10.9 Å². The number of amides is 1. The number of anilines is 2. The minimum absolute atomic E-state index is 0.165. The molecular weight excluding hydrogens is 266 g/mol. The van der Waals surface area contributed by atoms with E-state index in [1.165, 1.54) is 0 Å². The van der Waals surface area contributed by atoms with Crippen molar-refractivity contribution in [3.8, 4) is 0 Å². The van der Waals surface area contributed by atoms with Gasteiger partial charge in [0, 0.05) is 23.5 Å². The predicted octanol–water partition coefficient (Wildman–Crippen LogP) is 2.15. The molecule has 0 aliphatic rings. The van der Waals surface area contributed by atoms with Gasteiger partial charge in [-0.15, -0.1) is 0 Å². The summed E-state index contributed by atoms with van der Waals surface area (Å²) in [6.07, 6.45) is 1.50.